The average Bonchev–Trinajstić information content (AvgIpc) is 3.19. The number of likely N-dealkylation sites (N-methyl/N-ethyl adjacent to an activating group) is 1. The van der Waals surface area contributed by atoms with Crippen LogP contribution < -0.4 is 10.2 Å². The second kappa shape index (κ2) is 5.99. The van der Waals surface area contributed by atoms with Crippen LogP contribution in [0.3, 0.4) is 0 Å². The monoisotopic (exact) mass is 319 g/mol. The molecule has 1 aliphatic rings. The van der Waals surface area contributed by atoms with Crippen molar-refractivity contribution in [3.05, 3.63) is 23.8 Å². The first kappa shape index (κ1) is 15.5. The lowest BCUT2D eigenvalue weighted by Gasteiger charge is -2.25. The molecule has 1 amide bonds. The molecule has 9 heteroatoms. The van der Waals surface area contributed by atoms with E-state index in [4.69, 9.17) is 4.52 Å². The summed E-state index contributed by atoms with van der Waals surface area (Å²) in [6.45, 7) is 0.418. The summed E-state index contributed by atoms with van der Waals surface area (Å²) in [6, 6.07) is 1.84. The van der Waals surface area contributed by atoms with Crippen LogP contribution in [0.25, 0.3) is 0 Å². The van der Waals surface area contributed by atoms with Crippen LogP contribution in [0.5, 0.6) is 0 Å². The van der Waals surface area contributed by atoms with Crippen molar-refractivity contribution in [1.82, 2.24) is 30.1 Å². The highest BCUT2D eigenvalue weighted by molar-refractivity contribution is 5.80. The number of likely N-dealkylation sites (tertiary alicyclic amines) is 1. The van der Waals surface area contributed by atoms with E-state index in [9.17, 15) is 4.79 Å². The molecule has 0 bridgehead atoms. The molecule has 1 saturated heterocycles. The van der Waals surface area contributed by atoms with Gasteiger partial charge < -0.3 is 19.6 Å². The summed E-state index contributed by atoms with van der Waals surface area (Å²) in [4.78, 5) is 19.9. The number of aryl methyl sites for hydroxylation is 1. The fourth-order valence-corrected chi connectivity index (χ4v) is 2.85. The molecule has 9 nitrogen and oxygen atoms in total. The Bertz CT molecular complexity index is 693. The Morgan fingerprint density at radius 1 is 1.43 bits per heavy atom. The predicted octanol–water partition coefficient (Wildman–Crippen LogP) is -0.0693. The van der Waals surface area contributed by atoms with Crippen molar-refractivity contribution in [2.75, 3.05) is 26.0 Å². The van der Waals surface area contributed by atoms with E-state index < -0.39 is 0 Å². The van der Waals surface area contributed by atoms with Crippen LogP contribution in [-0.2, 0) is 18.4 Å². The van der Waals surface area contributed by atoms with Gasteiger partial charge in [0.1, 0.15) is 0 Å². The summed E-state index contributed by atoms with van der Waals surface area (Å²) in [5.74, 6) is 1.14. The number of nitrogens with zero attached hydrogens (tertiary/aromatic N) is 6. The topological polar surface area (TPSA) is 92.3 Å². The smallest absolute Gasteiger partial charge is 0.265 e. The van der Waals surface area contributed by atoms with E-state index in [1.54, 1.807) is 20.7 Å². The van der Waals surface area contributed by atoms with E-state index in [1.807, 2.05) is 34.3 Å². The van der Waals surface area contributed by atoms with E-state index >= 15 is 0 Å². The third-order valence-electron chi connectivity index (χ3n) is 4.12. The van der Waals surface area contributed by atoms with Crippen molar-refractivity contribution in [1.29, 1.82) is 0 Å². The van der Waals surface area contributed by atoms with Gasteiger partial charge in [0.2, 0.25) is 11.8 Å². The SMILES string of the molecule is CN(C)c1noc(CN[C@@H]2CC(=O)N(C)[C@H]2c2ccnn2C)n1. The first-order valence-corrected chi connectivity index (χ1v) is 7.44. The van der Waals surface area contributed by atoms with Gasteiger partial charge in [-0.25, -0.2) is 0 Å². The maximum atomic E-state index is 12.1. The second-order valence-corrected chi connectivity index (χ2v) is 5.90. The molecule has 2 aromatic rings. The normalized spacial score (nSPS) is 21.2. The van der Waals surface area contributed by atoms with Crippen LogP contribution in [0.15, 0.2) is 16.8 Å². The molecule has 3 rings (SSSR count). The van der Waals surface area contributed by atoms with E-state index in [2.05, 4.69) is 20.6 Å². The fraction of sp³-hybridized carbons (Fsp3) is 0.571. The summed E-state index contributed by atoms with van der Waals surface area (Å²) in [5, 5.41) is 11.4. The molecule has 124 valence electrons. The molecule has 23 heavy (non-hydrogen) atoms. The van der Waals surface area contributed by atoms with Gasteiger partial charge in [-0.15, -0.1) is 0 Å². The van der Waals surface area contributed by atoms with Crippen LogP contribution in [-0.4, -0.2) is 57.9 Å². The highest BCUT2D eigenvalue weighted by atomic mass is 16.5. The number of carbonyl (C=O) groups is 1. The summed E-state index contributed by atoms with van der Waals surface area (Å²) in [6.07, 6.45) is 2.17. The summed E-state index contributed by atoms with van der Waals surface area (Å²) in [7, 11) is 7.40. The lowest BCUT2D eigenvalue weighted by molar-refractivity contribution is -0.127. The van der Waals surface area contributed by atoms with Gasteiger partial charge in [0, 0.05) is 46.9 Å². The molecule has 2 atom stereocenters. The van der Waals surface area contributed by atoms with Gasteiger partial charge in [-0.1, -0.05) is 0 Å². The zero-order chi connectivity index (χ0) is 16.6. The van der Waals surface area contributed by atoms with Crippen molar-refractivity contribution < 1.29 is 9.32 Å². The molecule has 2 aromatic heterocycles. The predicted molar refractivity (Wildman–Crippen MR) is 82.6 cm³/mol. The van der Waals surface area contributed by atoms with E-state index in [0.717, 1.165) is 5.69 Å². The molecule has 1 N–H and O–H groups in total. The number of amides is 1. The lowest BCUT2D eigenvalue weighted by Crippen LogP contribution is -2.36. The summed E-state index contributed by atoms with van der Waals surface area (Å²) in [5.41, 5.74) is 0.996. The highest BCUT2D eigenvalue weighted by Gasteiger charge is 2.39. The van der Waals surface area contributed by atoms with Crippen molar-refractivity contribution >= 4 is 11.9 Å². The van der Waals surface area contributed by atoms with Gasteiger partial charge in [0.25, 0.3) is 5.95 Å². The van der Waals surface area contributed by atoms with Gasteiger partial charge >= 0.3 is 0 Å². The minimum atomic E-state index is -0.0637. The molecule has 1 fully saturated rings. The fourth-order valence-electron chi connectivity index (χ4n) is 2.85. The Labute approximate surface area is 134 Å². The molecule has 0 aliphatic carbocycles. The van der Waals surface area contributed by atoms with E-state index in [1.165, 1.54) is 0 Å². The molecule has 3 heterocycles. The Balaban J connectivity index is 1.72. The van der Waals surface area contributed by atoms with Crippen LogP contribution in [0.2, 0.25) is 0 Å². The first-order chi connectivity index (χ1) is 11.0. The summed E-state index contributed by atoms with van der Waals surface area (Å²) >= 11 is 0. The van der Waals surface area contributed by atoms with Gasteiger partial charge in [-0.3, -0.25) is 9.48 Å². The standard InChI is InChI=1S/C14H21N7O2/c1-19(2)14-17-11(23-18-14)8-15-9-7-12(22)20(3)13(9)10-5-6-16-21(10)4/h5-6,9,13,15H,7-8H2,1-4H3/t9-,13-/m1/s1. The van der Waals surface area contributed by atoms with Crippen LogP contribution in [0, 0.1) is 0 Å². The largest absolute Gasteiger partial charge is 0.344 e. The first-order valence-electron chi connectivity index (χ1n) is 7.44. The van der Waals surface area contributed by atoms with Crippen LogP contribution in [0.4, 0.5) is 5.95 Å². The minimum Gasteiger partial charge on any atom is -0.344 e. The van der Waals surface area contributed by atoms with Crippen molar-refractivity contribution in [2.45, 2.75) is 25.0 Å². The third kappa shape index (κ3) is 2.91. The Hall–Kier alpha value is -2.42. The molecule has 0 unspecified atom stereocenters. The van der Waals surface area contributed by atoms with Crippen molar-refractivity contribution in [2.24, 2.45) is 7.05 Å². The van der Waals surface area contributed by atoms with Crippen molar-refractivity contribution in [3.63, 3.8) is 0 Å². The Kier molecular flexibility index (Phi) is 4.03. The van der Waals surface area contributed by atoms with E-state index in [0.29, 0.717) is 24.8 Å². The average molecular weight is 319 g/mol. The highest BCUT2D eigenvalue weighted by Crippen LogP contribution is 2.31. The molecular weight excluding hydrogens is 298 g/mol. The number of carbonyl (C=O) groups excluding carboxylic acids is 1. The summed E-state index contributed by atoms with van der Waals surface area (Å²) < 4.78 is 7.00. The second-order valence-electron chi connectivity index (χ2n) is 5.90. The van der Waals surface area contributed by atoms with Crippen molar-refractivity contribution in [3.8, 4) is 0 Å². The molecule has 0 saturated carbocycles. The number of anilines is 1. The molecule has 1 aliphatic heterocycles. The van der Waals surface area contributed by atoms with Gasteiger partial charge in [0.15, 0.2) is 0 Å². The maximum absolute atomic E-state index is 12.1. The third-order valence-corrected chi connectivity index (χ3v) is 4.12. The maximum Gasteiger partial charge on any atom is 0.265 e. The quantitative estimate of drug-likeness (QED) is 0.824. The lowest BCUT2D eigenvalue weighted by atomic mass is 10.1. The molecule has 0 spiro atoms. The molecule has 0 aromatic carbocycles. The van der Waals surface area contributed by atoms with Gasteiger partial charge in [0.05, 0.1) is 18.3 Å². The minimum absolute atomic E-state index is 0.0300. The Morgan fingerprint density at radius 3 is 2.83 bits per heavy atom. The Morgan fingerprint density at radius 2 is 2.22 bits per heavy atom. The number of rotatable bonds is 5. The molecule has 0 radical (unpaired) electrons. The van der Waals surface area contributed by atoms with E-state index in [-0.39, 0.29) is 18.0 Å². The number of aromatic nitrogens is 4. The number of hydrogen-bond donors (Lipinski definition) is 1. The number of hydrogen-bond acceptors (Lipinski definition) is 7. The zero-order valence-electron chi connectivity index (χ0n) is 13.7. The van der Waals surface area contributed by atoms with Crippen LogP contribution in [0.1, 0.15) is 24.0 Å². The number of nitrogens with one attached hydrogen (secondary N) is 1. The van der Waals surface area contributed by atoms with Gasteiger partial charge in [-0.2, -0.15) is 10.1 Å². The van der Waals surface area contributed by atoms with Gasteiger partial charge in [-0.05, 0) is 11.2 Å². The zero-order valence-corrected chi connectivity index (χ0v) is 13.7. The van der Waals surface area contributed by atoms with Crippen LogP contribution >= 0.6 is 0 Å². The molecular formula is C14H21N7O2.